The number of nitriles is 1. The molecule has 12 heavy (non-hydrogen) atoms. The molecule has 0 radical (unpaired) electrons. The van der Waals surface area contributed by atoms with Gasteiger partial charge in [0.2, 0.25) is 0 Å². The van der Waals surface area contributed by atoms with Gasteiger partial charge in [0.15, 0.2) is 0 Å². The number of para-hydroxylation sites is 1. The Bertz CT molecular complexity index is 315. The van der Waals surface area contributed by atoms with Gasteiger partial charge < -0.3 is 10.5 Å². The summed E-state index contributed by atoms with van der Waals surface area (Å²) < 4.78 is 5.06. The minimum absolute atomic E-state index is 0.388. The first-order valence-corrected chi connectivity index (χ1v) is 3.59. The molecule has 62 valence electrons. The highest BCUT2D eigenvalue weighted by atomic mass is 16.5. The van der Waals surface area contributed by atoms with Crippen LogP contribution in [0.1, 0.15) is 11.1 Å². The third-order valence-electron chi connectivity index (χ3n) is 1.64. The van der Waals surface area contributed by atoms with Crippen molar-refractivity contribution in [3.05, 3.63) is 29.3 Å². The van der Waals surface area contributed by atoms with Gasteiger partial charge in [-0.1, -0.05) is 12.1 Å². The predicted octanol–water partition coefficient (Wildman–Crippen LogP) is 1.03. The number of ether oxygens (including phenoxy) is 1. The molecule has 3 nitrogen and oxygen atoms in total. The molecule has 0 amide bonds. The minimum atomic E-state index is 0.388. The second-order valence-electron chi connectivity index (χ2n) is 2.31. The highest BCUT2D eigenvalue weighted by Gasteiger charge is 2.05. The maximum atomic E-state index is 8.70. The smallest absolute Gasteiger partial charge is 0.141 e. The largest absolute Gasteiger partial charge is 0.495 e. The fraction of sp³-hybridized carbons (Fsp3) is 0.222. The quantitative estimate of drug-likeness (QED) is 0.706. The van der Waals surface area contributed by atoms with Crippen molar-refractivity contribution in [1.29, 1.82) is 5.26 Å². The van der Waals surface area contributed by atoms with Gasteiger partial charge in [0.25, 0.3) is 0 Å². The second-order valence-corrected chi connectivity index (χ2v) is 2.31. The first-order valence-electron chi connectivity index (χ1n) is 3.59. The van der Waals surface area contributed by atoms with E-state index >= 15 is 0 Å². The lowest BCUT2D eigenvalue weighted by Gasteiger charge is -2.06. The van der Waals surface area contributed by atoms with Gasteiger partial charge in [0.1, 0.15) is 11.8 Å². The average Bonchev–Trinajstić information content (AvgIpc) is 2.16. The van der Waals surface area contributed by atoms with Crippen LogP contribution in [0.3, 0.4) is 0 Å². The summed E-state index contributed by atoms with van der Waals surface area (Å²) in [6.45, 7) is 0.388. The molecule has 0 spiro atoms. The molecular formula is C9H10N2O. The lowest BCUT2D eigenvalue weighted by molar-refractivity contribution is 0.408. The molecule has 0 aliphatic heterocycles. The highest BCUT2D eigenvalue weighted by Crippen LogP contribution is 2.22. The van der Waals surface area contributed by atoms with Gasteiger partial charge in [-0.05, 0) is 6.07 Å². The molecule has 0 aromatic heterocycles. The third kappa shape index (κ3) is 1.39. The number of methoxy groups -OCH3 is 1. The molecular weight excluding hydrogens is 152 g/mol. The van der Waals surface area contributed by atoms with Crippen molar-refractivity contribution in [2.75, 3.05) is 7.11 Å². The molecule has 1 rings (SSSR count). The Hall–Kier alpha value is -1.53. The number of nitrogens with two attached hydrogens (primary N) is 1. The molecule has 0 atom stereocenters. The first kappa shape index (κ1) is 8.57. The van der Waals surface area contributed by atoms with Crippen LogP contribution in [0, 0.1) is 11.3 Å². The highest BCUT2D eigenvalue weighted by molar-refractivity contribution is 5.48. The summed E-state index contributed by atoms with van der Waals surface area (Å²) >= 11 is 0. The van der Waals surface area contributed by atoms with Crippen LogP contribution >= 0.6 is 0 Å². The number of benzene rings is 1. The van der Waals surface area contributed by atoms with E-state index in [9.17, 15) is 0 Å². The Balaban J connectivity index is 3.24. The molecule has 0 bridgehead atoms. The molecule has 3 heteroatoms. The maximum absolute atomic E-state index is 8.70. The van der Waals surface area contributed by atoms with Gasteiger partial charge in [-0.2, -0.15) is 5.26 Å². The maximum Gasteiger partial charge on any atom is 0.141 e. The fourth-order valence-corrected chi connectivity index (χ4v) is 1.07. The summed E-state index contributed by atoms with van der Waals surface area (Å²) in [4.78, 5) is 0. The predicted molar refractivity (Wildman–Crippen MR) is 45.6 cm³/mol. The summed E-state index contributed by atoms with van der Waals surface area (Å²) in [5.74, 6) is 0.586. The van der Waals surface area contributed by atoms with Gasteiger partial charge in [-0.15, -0.1) is 0 Å². The van der Waals surface area contributed by atoms with E-state index in [1.165, 1.54) is 7.11 Å². The van der Waals surface area contributed by atoms with E-state index in [-0.39, 0.29) is 0 Å². The molecule has 0 heterocycles. The monoisotopic (exact) mass is 162 g/mol. The van der Waals surface area contributed by atoms with Crippen molar-refractivity contribution in [3.63, 3.8) is 0 Å². The standard InChI is InChI=1S/C9H10N2O/c1-12-9-7(5-10)3-2-4-8(9)6-11/h2-4H,5,10H2,1H3. The SMILES string of the molecule is COc1c(C#N)cccc1CN. The van der Waals surface area contributed by atoms with Gasteiger partial charge in [0, 0.05) is 12.1 Å². The van der Waals surface area contributed by atoms with Crippen molar-refractivity contribution in [2.45, 2.75) is 6.54 Å². The van der Waals surface area contributed by atoms with Gasteiger partial charge >= 0.3 is 0 Å². The zero-order chi connectivity index (χ0) is 8.97. The van der Waals surface area contributed by atoms with Crippen LogP contribution in [-0.2, 0) is 6.54 Å². The Kier molecular flexibility index (Phi) is 2.67. The topological polar surface area (TPSA) is 59.0 Å². The third-order valence-corrected chi connectivity index (χ3v) is 1.64. The van der Waals surface area contributed by atoms with E-state index in [1.807, 2.05) is 12.1 Å². The van der Waals surface area contributed by atoms with E-state index in [4.69, 9.17) is 15.7 Å². The van der Waals surface area contributed by atoms with Crippen LogP contribution in [0.4, 0.5) is 0 Å². The molecule has 0 saturated heterocycles. The van der Waals surface area contributed by atoms with E-state index in [0.29, 0.717) is 17.9 Å². The van der Waals surface area contributed by atoms with Crippen LogP contribution < -0.4 is 10.5 Å². The molecule has 1 aromatic carbocycles. The first-order chi connectivity index (χ1) is 5.83. The number of hydrogen-bond acceptors (Lipinski definition) is 3. The average molecular weight is 162 g/mol. The van der Waals surface area contributed by atoms with E-state index in [2.05, 4.69) is 0 Å². The molecule has 0 unspecified atom stereocenters. The summed E-state index contributed by atoms with van der Waals surface area (Å²) in [5.41, 5.74) is 6.85. The molecule has 0 aliphatic rings. The zero-order valence-corrected chi connectivity index (χ0v) is 6.87. The van der Waals surface area contributed by atoms with Gasteiger partial charge in [-0.3, -0.25) is 0 Å². The van der Waals surface area contributed by atoms with Crippen molar-refractivity contribution in [2.24, 2.45) is 5.73 Å². The normalized spacial score (nSPS) is 9.08. The Morgan fingerprint density at radius 2 is 2.33 bits per heavy atom. The lowest BCUT2D eigenvalue weighted by Crippen LogP contribution is -2.01. The van der Waals surface area contributed by atoms with Crippen LogP contribution in [-0.4, -0.2) is 7.11 Å². The number of nitrogens with zero attached hydrogens (tertiary/aromatic N) is 1. The minimum Gasteiger partial charge on any atom is -0.495 e. The van der Waals surface area contributed by atoms with Crippen molar-refractivity contribution >= 4 is 0 Å². The summed E-state index contributed by atoms with van der Waals surface area (Å²) in [5, 5.41) is 8.70. The second kappa shape index (κ2) is 3.74. The Morgan fingerprint density at radius 3 is 2.83 bits per heavy atom. The van der Waals surface area contributed by atoms with Crippen LogP contribution in [0.2, 0.25) is 0 Å². The number of hydrogen-bond donors (Lipinski definition) is 1. The van der Waals surface area contributed by atoms with E-state index in [0.717, 1.165) is 5.56 Å². The van der Waals surface area contributed by atoms with Crippen LogP contribution in [0.5, 0.6) is 5.75 Å². The van der Waals surface area contributed by atoms with E-state index in [1.54, 1.807) is 12.1 Å². The lowest BCUT2D eigenvalue weighted by atomic mass is 10.1. The molecule has 0 aliphatic carbocycles. The van der Waals surface area contributed by atoms with Crippen molar-refractivity contribution < 1.29 is 4.74 Å². The van der Waals surface area contributed by atoms with Gasteiger partial charge in [-0.25, -0.2) is 0 Å². The van der Waals surface area contributed by atoms with Gasteiger partial charge in [0.05, 0.1) is 12.7 Å². The Morgan fingerprint density at radius 1 is 1.58 bits per heavy atom. The molecule has 0 saturated carbocycles. The van der Waals surface area contributed by atoms with Crippen LogP contribution in [0.15, 0.2) is 18.2 Å². The van der Waals surface area contributed by atoms with Crippen molar-refractivity contribution in [3.8, 4) is 11.8 Å². The molecule has 2 N–H and O–H groups in total. The fourth-order valence-electron chi connectivity index (χ4n) is 1.07. The summed E-state index contributed by atoms with van der Waals surface area (Å²) in [6.07, 6.45) is 0. The summed E-state index contributed by atoms with van der Waals surface area (Å²) in [6, 6.07) is 7.39. The summed E-state index contributed by atoms with van der Waals surface area (Å²) in [7, 11) is 1.54. The zero-order valence-electron chi connectivity index (χ0n) is 6.87. The van der Waals surface area contributed by atoms with E-state index < -0.39 is 0 Å². The van der Waals surface area contributed by atoms with Crippen LogP contribution in [0.25, 0.3) is 0 Å². The number of rotatable bonds is 2. The molecule has 1 aromatic rings. The molecule has 0 fully saturated rings. The van der Waals surface area contributed by atoms with Crippen molar-refractivity contribution in [1.82, 2.24) is 0 Å². The Labute approximate surface area is 71.4 Å².